The maximum absolute atomic E-state index is 13.1. The lowest BCUT2D eigenvalue weighted by Crippen LogP contribution is -2.49. The Morgan fingerprint density at radius 1 is 0.388 bits per heavy atom. The number of nitrogens with one attached hydrogen (secondary N) is 12. The van der Waals surface area contributed by atoms with Gasteiger partial charge in [-0.1, -0.05) is 72.3 Å². The van der Waals surface area contributed by atoms with Gasteiger partial charge in [-0.3, -0.25) is 43.7 Å². The maximum Gasteiger partial charge on any atom is 0.418 e. The molecule has 6 aliphatic carbocycles. The van der Waals surface area contributed by atoms with Crippen molar-refractivity contribution in [2.24, 2.45) is 107 Å². The minimum Gasteiger partial charge on any atom is -0.491 e. The molecule has 9 heterocycles. The Kier molecular flexibility index (Phi) is 28.8. The summed E-state index contributed by atoms with van der Waals surface area (Å²) >= 11 is 5.95. The van der Waals surface area contributed by atoms with Crippen molar-refractivity contribution in [1.29, 1.82) is 5.26 Å². The van der Waals surface area contributed by atoms with Gasteiger partial charge in [0, 0.05) is 69.4 Å². The van der Waals surface area contributed by atoms with Crippen LogP contribution in [0.4, 0.5) is 13.2 Å². The Morgan fingerprint density at radius 3 is 1.17 bits per heavy atom. The number of fused-ring (bicyclic) bond motifs is 8. The van der Waals surface area contributed by atoms with E-state index in [9.17, 15) is 41.9 Å². The van der Waals surface area contributed by atoms with Crippen LogP contribution in [0.1, 0.15) is 139 Å². The third kappa shape index (κ3) is 22.8. The predicted molar refractivity (Wildman–Crippen MR) is 512 cm³/mol. The Balaban J connectivity index is 0.000000123. The van der Waals surface area contributed by atoms with Crippen LogP contribution in [0.15, 0.2) is 140 Å². The summed E-state index contributed by atoms with van der Waals surface area (Å²) in [6.45, 7) is 46.0. The van der Waals surface area contributed by atoms with E-state index in [4.69, 9.17) is 36.1 Å². The monoisotopic (exact) mass is 1860 g/mol. The number of carbonyl (C=O) groups excluding carboxylic acids is 6. The van der Waals surface area contributed by atoms with Crippen LogP contribution in [-0.4, -0.2) is 165 Å². The van der Waals surface area contributed by atoms with Gasteiger partial charge in [0.25, 0.3) is 0 Å². The molecule has 20 rings (SSSR count). The summed E-state index contributed by atoms with van der Waals surface area (Å²) in [5, 5.41) is 51.5. The average molecular weight is 1860 g/mol. The van der Waals surface area contributed by atoms with Crippen molar-refractivity contribution < 1.29 is 56.1 Å². The lowest BCUT2D eigenvalue weighted by atomic mass is 9.91. The number of nitriles is 1. The predicted octanol–water partition coefficient (Wildman–Crippen LogP) is 12.4. The minimum atomic E-state index is -4.49. The van der Waals surface area contributed by atoms with E-state index in [1.54, 1.807) is 26.0 Å². The van der Waals surface area contributed by atoms with Crippen LogP contribution in [0.2, 0.25) is 5.02 Å². The van der Waals surface area contributed by atoms with E-state index in [1.165, 1.54) is 17.6 Å². The molecule has 29 heteroatoms. The second kappa shape index (κ2) is 39.4. The molecular weight excluding hydrogens is 1720 g/mol. The van der Waals surface area contributed by atoms with Crippen LogP contribution in [0, 0.1) is 152 Å². The fraction of sp³-hybridized carbons (Fsp3) is 0.543. The van der Waals surface area contributed by atoms with Crippen molar-refractivity contribution in [3.8, 4) is 23.3 Å². The van der Waals surface area contributed by atoms with Crippen LogP contribution in [0.25, 0.3) is 21.7 Å². The number of hydrogen-bond donors (Lipinski definition) is 12. The van der Waals surface area contributed by atoms with E-state index < -0.39 is 39.4 Å². The quantitative estimate of drug-likeness (QED) is 0.0267. The first-order valence-electron chi connectivity index (χ1n) is 47.6. The van der Waals surface area contributed by atoms with Crippen LogP contribution in [-0.2, 0) is 51.6 Å². The van der Waals surface area contributed by atoms with Crippen LogP contribution < -0.4 is 78.0 Å². The third-order valence-electron chi connectivity index (χ3n) is 29.2. The molecule has 6 amide bonds. The lowest BCUT2D eigenvalue weighted by Gasteiger charge is -2.28. The van der Waals surface area contributed by atoms with E-state index >= 15 is 0 Å². The number of amides is 6. The smallest absolute Gasteiger partial charge is 0.418 e. The molecular formula is C105H134ClF3N16O9. The topological polar surface area (TPSA) is 337 Å². The number of aromatic nitrogens is 3. The number of pyridine rings is 3. The van der Waals surface area contributed by atoms with Crippen molar-refractivity contribution in [2.75, 3.05) is 98.4 Å². The van der Waals surface area contributed by atoms with Gasteiger partial charge in [0.1, 0.15) is 37.1 Å². The largest absolute Gasteiger partial charge is 0.491 e. The molecule has 0 radical (unpaired) electrons. The normalized spacial score (nSPS) is 26.4. The molecule has 18 atom stereocenters. The van der Waals surface area contributed by atoms with Crippen LogP contribution >= 0.6 is 11.6 Å². The number of benzene rings is 5. The van der Waals surface area contributed by atoms with Crippen molar-refractivity contribution in [1.82, 2.24) is 78.8 Å². The molecule has 134 heavy (non-hydrogen) atoms. The fourth-order valence-electron chi connectivity index (χ4n) is 21.6. The summed E-state index contributed by atoms with van der Waals surface area (Å²) in [6, 6.07) is 41.8. The first kappa shape index (κ1) is 98.1. The van der Waals surface area contributed by atoms with Gasteiger partial charge in [0.15, 0.2) is 0 Å². The summed E-state index contributed by atoms with van der Waals surface area (Å²) in [5.41, 5.74) is 4.62. The molecule has 12 fully saturated rings. The molecule has 6 saturated carbocycles. The second-order valence-electron chi connectivity index (χ2n) is 42.7. The van der Waals surface area contributed by atoms with Crippen LogP contribution in [0.3, 0.4) is 0 Å². The van der Waals surface area contributed by atoms with Gasteiger partial charge < -0.3 is 78.0 Å². The SMILES string of the molecule is CC(C)(NC(=O)C1[C@H]2CNC[C@@H]12)c1ccnc2ccccc12.CC(C)(NC(=O)C1[C@H]2CNC[C@@H]12)c1ncccc1C(F)(F)F.Cc1cc(C#N)ccc1OCC(C)(C)NC(=O)C1[C@H]2CNC[C@@H]12.Cc1cc(Cl)ccc1OCC(C)(C)NC(=O)C1[C@H]2CNC[C@@H]12.Cc1cc2ccccc2c(C(C)(C)NC(=O)C2[C@H]3CNC[C@@H]23)n1.Cc1cccc(C)c1OCC(C)(C)NC(=O)C1[C@H]2CNC[C@@H]12. The number of nitrogens with zero attached hydrogens (tertiary/aromatic N) is 4. The Labute approximate surface area is 790 Å². The summed E-state index contributed by atoms with van der Waals surface area (Å²) in [7, 11) is 0. The van der Waals surface area contributed by atoms with Crippen molar-refractivity contribution in [2.45, 2.75) is 157 Å². The summed E-state index contributed by atoms with van der Waals surface area (Å²) in [6.07, 6.45) is -1.36. The van der Waals surface area contributed by atoms with Crippen molar-refractivity contribution >= 4 is 68.7 Å². The Morgan fingerprint density at radius 2 is 0.761 bits per heavy atom. The average Bonchev–Trinajstić information content (AvgIpc) is 1.60. The highest BCUT2D eigenvalue weighted by atomic mass is 35.5. The molecule has 0 bridgehead atoms. The molecule has 0 spiro atoms. The molecule has 25 nitrogen and oxygen atoms in total. The van der Waals surface area contributed by atoms with Crippen molar-refractivity contribution in [3.63, 3.8) is 0 Å². The highest BCUT2D eigenvalue weighted by Crippen LogP contribution is 2.54. The number of alkyl halides is 3. The number of piperidine rings is 6. The van der Waals surface area contributed by atoms with Gasteiger partial charge in [-0.25, -0.2) is 0 Å². The maximum atomic E-state index is 13.1. The highest BCUT2D eigenvalue weighted by molar-refractivity contribution is 6.30. The molecule has 716 valence electrons. The first-order chi connectivity index (χ1) is 63.4. The van der Waals surface area contributed by atoms with E-state index in [1.807, 2.05) is 161 Å². The Bertz CT molecular complexity index is 5660. The fourth-order valence-corrected chi connectivity index (χ4v) is 21.8. The number of para-hydroxylation sites is 2. The molecule has 5 aromatic carbocycles. The zero-order valence-corrected chi connectivity index (χ0v) is 81.0. The number of halogens is 4. The van der Waals surface area contributed by atoms with Gasteiger partial charge in [0.2, 0.25) is 35.4 Å². The van der Waals surface area contributed by atoms with E-state index in [0.717, 1.165) is 157 Å². The number of aryl methyl sites for hydroxylation is 5. The third-order valence-corrected chi connectivity index (χ3v) is 29.4. The van der Waals surface area contributed by atoms with Crippen LogP contribution in [0.5, 0.6) is 17.2 Å². The van der Waals surface area contributed by atoms with E-state index in [-0.39, 0.29) is 82.2 Å². The molecule has 3 aromatic heterocycles. The number of hydrogen-bond acceptors (Lipinski definition) is 19. The summed E-state index contributed by atoms with van der Waals surface area (Å²) < 4.78 is 57.1. The standard InChI is InChI=1S/C19H23N3O.C18H23N3O2.C18H21N3O.C18H26N2O2.C17H23ClN2O2.C15H18F3N3O/c1-11-8-12-6-4-5-7-13(12)17(21-11)19(2,3)22-18(23)16-14-9-20-10-15(14)16;1-11-6-12(7-19)4-5-15(11)23-10-18(2,3)21-17(22)16-13-8-20-9-14(13)16;1-18(2,21-17(22)16-12-9-19-10-13(12)16)14-7-8-20-15-6-4-3-5-11(14)15;1-11-6-5-7-12(2)16(11)22-10-18(3,4)20-17(21)15-13-8-19-9-14(13)15;1-10-6-11(18)4-5-14(10)22-9-17(2,3)20-16(21)15-12-7-19-8-13(12)15;1-14(2,12-10(15(16,17)18)4-3-5-20-12)21-13(22)11-8-6-19-7-9(8)11/h4-8,14-16,20H,9-10H2,1-3H3,(H,22,23);4-6,13-14,16,20H,8-10H2,1-3H3,(H,21,22);3-8,12-13,16,19H,9-10H2,1-2H3,(H,21,22);5-7,13-15,19H,8-10H2,1-4H3,(H,20,21);4-6,12-13,15,19H,7-9H2,1-3H3,(H,20,21);3-5,8-9,11,19H,6-7H2,1-2H3,(H,21,22)/t14-,15+,16?;13-,14+,16?;12-,13+,16?;13-,14+,15?;12-,13+,15?;8-,9+,11?. The number of carbonyl (C=O) groups is 6. The minimum absolute atomic E-state index is 0.0847. The van der Waals surface area contributed by atoms with Gasteiger partial charge in [-0.15, -0.1) is 0 Å². The lowest BCUT2D eigenvalue weighted by molar-refractivity contribution is -0.140. The first-order valence-corrected chi connectivity index (χ1v) is 47.9. The Hall–Kier alpha value is -10.4. The molecule has 6 unspecified atom stereocenters. The zero-order valence-electron chi connectivity index (χ0n) is 80.3. The molecule has 6 saturated heterocycles. The summed E-state index contributed by atoms with van der Waals surface area (Å²) in [4.78, 5) is 87.7. The molecule has 12 N–H and O–H groups in total. The zero-order chi connectivity index (χ0) is 96.1. The number of rotatable bonds is 24. The van der Waals surface area contributed by atoms with E-state index in [0.29, 0.717) is 101 Å². The van der Waals surface area contributed by atoms with Gasteiger partial charge >= 0.3 is 6.18 Å². The van der Waals surface area contributed by atoms with Gasteiger partial charge in [-0.2, -0.15) is 18.4 Å². The molecule has 12 aliphatic rings. The molecule has 8 aromatic rings. The molecule has 6 aliphatic heterocycles. The van der Waals surface area contributed by atoms with E-state index in [2.05, 4.69) is 132 Å². The number of ether oxygens (including phenoxy) is 3. The van der Waals surface area contributed by atoms with Gasteiger partial charge in [-0.05, 0) is 367 Å². The van der Waals surface area contributed by atoms with Crippen molar-refractivity contribution in [3.05, 3.63) is 201 Å². The summed E-state index contributed by atoms with van der Waals surface area (Å²) in [5.74, 6) is 10.1. The second-order valence-corrected chi connectivity index (χ2v) is 43.2. The highest BCUT2D eigenvalue weighted by Gasteiger charge is 2.62. The van der Waals surface area contributed by atoms with Gasteiger partial charge in [0.05, 0.1) is 67.3 Å².